The summed E-state index contributed by atoms with van der Waals surface area (Å²) in [5, 5.41) is 1.68. The number of nitrogens with zero attached hydrogens (tertiary/aromatic N) is 1. The summed E-state index contributed by atoms with van der Waals surface area (Å²) in [6.07, 6.45) is 0.813. The van der Waals surface area contributed by atoms with E-state index in [2.05, 4.69) is 4.90 Å². The van der Waals surface area contributed by atoms with Crippen LogP contribution in [0.4, 0.5) is 0 Å². The van der Waals surface area contributed by atoms with Gasteiger partial charge in [0.25, 0.3) is 0 Å². The molecule has 0 bridgehead atoms. The second-order valence-corrected chi connectivity index (χ2v) is 8.61. The first-order valence-corrected chi connectivity index (χ1v) is 11.2. The first-order valence-electron chi connectivity index (χ1n) is 10.9. The molecule has 0 amide bonds. The van der Waals surface area contributed by atoms with Crippen LogP contribution < -0.4 is 15.1 Å². The number of benzene rings is 3. The molecular formula is C27H24ClNO4. The van der Waals surface area contributed by atoms with Gasteiger partial charge in [-0.15, -0.1) is 0 Å². The highest BCUT2D eigenvalue weighted by Gasteiger charge is 2.23. The summed E-state index contributed by atoms with van der Waals surface area (Å²) >= 11 is 6.31. The summed E-state index contributed by atoms with van der Waals surface area (Å²) in [6, 6.07) is 19.3. The zero-order valence-corrected chi connectivity index (χ0v) is 19.3. The predicted octanol–water partition coefficient (Wildman–Crippen LogP) is 5.83. The van der Waals surface area contributed by atoms with Crippen LogP contribution in [0.2, 0.25) is 5.02 Å². The van der Waals surface area contributed by atoms with Gasteiger partial charge in [-0.2, -0.15) is 0 Å². The van der Waals surface area contributed by atoms with Gasteiger partial charge in [0, 0.05) is 23.5 Å². The van der Waals surface area contributed by atoms with E-state index in [1.807, 2.05) is 67.6 Å². The molecule has 5 rings (SSSR count). The molecule has 5 nitrogen and oxygen atoms in total. The molecule has 6 heteroatoms. The van der Waals surface area contributed by atoms with Crippen molar-refractivity contribution in [1.29, 1.82) is 0 Å². The third-order valence-electron chi connectivity index (χ3n) is 6.21. The maximum absolute atomic E-state index is 13.1. The standard InChI is InChI=1S/C27H24ClNO4/c1-17-21-11-12-24-22(15-29(16-32-24)14-13-18-5-3-4-6-23(18)28)26(21)33-27(30)25(17)19-7-9-20(31-2)10-8-19/h3-12H,13-16H2,1-2H3. The van der Waals surface area contributed by atoms with Gasteiger partial charge in [0.2, 0.25) is 0 Å². The van der Waals surface area contributed by atoms with Gasteiger partial charge in [-0.05, 0) is 60.4 Å². The lowest BCUT2D eigenvalue weighted by molar-refractivity contribution is 0.0968. The molecule has 168 valence electrons. The van der Waals surface area contributed by atoms with E-state index < -0.39 is 0 Å². The van der Waals surface area contributed by atoms with Crippen molar-refractivity contribution in [2.24, 2.45) is 0 Å². The maximum Gasteiger partial charge on any atom is 0.344 e. The Balaban J connectivity index is 1.48. The van der Waals surface area contributed by atoms with Gasteiger partial charge in [0.05, 0.1) is 18.2 Å². The molecule has 2 heterocycles. The molecule has 0 atom stereocenters. The number of rotatable bonds is 5. The van der Waals surface area contributed by atoms with E-state index >= 15 is 0 Å². The van der Waals surface area contributed by atoms with Crippen LogP contribution in [0.25, 0.3) is 22.1 Å². The van der Waals surface area contributed by atoms with Crippen molar-refractivity contribution in [2.75, 3.05) is 20.4 Å². The van der Waals surface area contributed by atoms with E-state index in [4.69, 9.17) is 25.5 Å². The molecule has 0 saturated heterocycles. The average Bonchev–Trinajstić information content (AvgIpc) is 2.84. The van der Waals surface area contributed by atoms with Crippen molar-refractivity contribution in [2.45, 2.75) is 19.9 Å². The van der Waals surface area contributed by atoms with Crippen molar-refractivity contribution >= 4 is 22.6 Å². The minimum absolute atomic E-state index is 0.355. The topological polar surface area (TPSA) is 51.9 Å². The van der Waals surface area contributed by atoms with Crippen molar-refractivity contribution in [3.63, 3.8) is 0 Å². The van der Waals surface area contributed by atoms with Crippen molar-refractivity contribution in [1.82, 2.24) is 4.90 Å². The molecular weight excluding hydrogens is 438 g/mol. The fraction of sp³-hybridized carbons (Fsp3) is 0.222. The monoisotopic (exact) mass is 461 g/mol. The van der Waals surface area contributed by atoms with Gasteiger partial charge in [0.15, 0.2) is 0 Å². The van der Waals surface area contributed by atoms with E-state index in [0.717, 1.165) is 57.1 Å². The molecule has 0 fully saturated rings. The molecule has 1 aliphatic rings. The Kier molecular flexibility index (Phi) is 5.83. The van der Waals surface area contributed by atoms with Gasteiger partial charge < -0.3 is 13.9 Å². The molecule has 4 aromatic rings. The Morgan fingerprint density at radius 1 is 1.06 bits per heavy atom. The lowest BCUT2D eigenvalue weighted by atomic mass is 9.97. The van der Waals surface area contributed by atoms with E-state index in [1.165, 1.54) is 0 Å². The second kappa shape index (κ2) is 8.93. The number of ether oxygens (including phenoxy) is 2. The van der Waals surface area contributed by atoms with E-state index in [1.54, 1.807) is 7.11 Å². The maximum atomic E-state index is 13.1. The zero-order chi connectivity index (χ0) is 22.9. The smallest absolute Gasteiger partial charge is 0.344 e. The van der Waals surface area contributed by atoms with Crippen LogP contribution in [-0.2, 0) is 13.0 Å². The summed E-state index contributed by atoms with van der Waals surface area (Å²) in [5.41, 5.74) is 4.51. The lowest BCUT2D eigenvalue weighted by Gasteiger charge is -2.29. The molecule has 0 radical (unpaired) electrons. The van der Waals surface area contributed by atoms with Crippen LogP contribution in [0, 0.1) is 6.92 Å². The molecule has 0 unspecified atom stereocenters. The summed E-state index contributed by atoms with van der Waals surface area (Å²) < 4.78 is 17.1. The highest BCUT2D eigenvalue weighted by Crippen LogP contribution is 2.35. The molecule has 0 N–H and O–H groups in total. The lowest BCUT2D eigenvalue weighted by Crippen LogP contribution is -2.33. The van der Waals surface area contributed by atoms with Crippen LogP contribution in [0.5, 0.6) is 11.5 Å². The largest absolute Gasteiger partial charge is 0.497 e. The number of hydrogen-bond donors (Lipinski definition) is 0. The summed E-state index contributed by atoms with van der Waals surface area (Å²) in [5.74, 6) is 1.50. The highest BCUT2D eigenvalue weighted by molar-refractivity contribution is 6.31. The van der Waals surface area contributed by atoms with Gasteiger partial charge in [-0.1, -0.05) is 41.9 Å². The molecule has 3 aromatic carbocycles. The van der Waals surface area contributed by atoms with Gasteiger partial charge in [-0.3, -0.25) is 4.90 Å². The minimum Gasteiger partial charge on any atom is -0.497 e. The number of aryl methyl sites for hydroxylation is 1. The Morgan fingerprint density at radius 2 is 1.85 bits per heavy atom. The van der Waals surface area contributed by atoms with E-state index in [0.29, 0.717) is 24.4 Å². The summed E-state index contributed by atoms with van der Waals surface area (Å²) in [7, 11) is 1.62. The number of halogens is 1. The van der Waals surface area contributed by atoms with Crippen molar-refractivity contribution < 1.29 is 13.9 Å². The van der Waals surface area contributed by atoms with Crippen molar-refractivity contribution in [3.8, 4) is 22.6 Å². The van der Waals surface area contributed by atoms with Crippen LogP contribution >= 0.6 is 11.6 Å². The van der Waals surface area contributed by atoms with E-state index in [9.17, 15) is 4.79 Å². The Morgan fingerprint density at radius 3 is 2.61 bits per heavy atom. The highest BCUT2D eigenvalue weighted by atomic mass is 35.5. The average molecular weight is 462 g/mol. The predicted molar refractivity (Wildman–Crippen MR) is 130 cm³/mol. The molecule has 1 aromatic heterocycles. The first kappa shape index (κ1) is 21.6. The van der Waals surface area contributed by atoms with Crippen LogP contribution in [0.3, 0.4) is 0 Å². The van der Waals surface area contributed by atoms with Crippen LogP contribution in [0.15, 0.2) is 69.9 Å². The number of methoxy groups -OCH3 is 1. The van der Waals surface area contributed by atoms with Crippen molar-refractivity contribution in [3.05, 3.63) is 92.8 Å². The fourth-order valence-electron chi connectivity index (χ4n) is 4.38. The van der Waals surface area contributed by atoms with Crippen LogP contribution in [-0.4, -0.2) is 25.3 Å². The third-order valence-corrected chi connectivity index (χ3v) is 6.58. The number of hydrogen-bond acceptors (Lipinski definition) is 5. The first-order chi connectivity index (χ1) is 16.0. The molecule has 0 spiro atoms. The van der Waals surface area contributed by atoms with Gasteiger partial charge >= 0.3 is 5.63 Å². The Hall–Kier alpha value is -3.28. The quantitative estimate of drug-likeness (QED) is 0.350. The van der Waals surface area contributed by atoms with E-state index in [-0.39, 0.29) is 5.63 Å². The summed E-state index contributed by atoms with van der Waals surface area (Å²) in [6.45, 7) is 3.87. The fourth-order valence-corrected chi connectivity index (χ4v) is 4.61. The third kappa shape index (κ3) is 4.10. The molecule has 0 saturated carbocycles. The number of fused-ring (bicyclic) bond motifs is 3. The Bertz CT molecular complexity index is 1380. The summed E-state index contributed by atoms with van der Waals surface area (Å²) in [4.78, 5) is 15.2. The Labute approximate surface area is 197 Å². The zero-order valence-electron chi connectivity index (χ0n) is 18.6. The van der Waals surface area contributed by atoms with Crippen LogP contribution in [0.1, 0.15) is 16.7 Å². The second-order valence-electron chi connectivity index (χ2n) is 8.20. The normalized spacial score (nSPS) is 13.5. The minimum atomic E-state index is -0.355. The van der Waals surface area contributed by atoms with Gasteiger partial charge in [-0.25, -0.2) is 4.79 Å². The molecule has 1 aliphatic heterocycles. The molecule has 0 aliphatic carbocycles. The molecule has 33 heavy (non-hydrogen) atoms. The SMILES string of the molecule is COc1ccc(-c2c(C)c3ccc4c(c3oc2=O)CN(CCc2ccccc2Cl)CO4)cc1. The van der Waals surface area contributed by atoms with Gasteiger partial charge in [0.1, 0.15) is 23.8 Å².